The van der Waals surface area contributed by atoms with E-state index in [1.807, 2.05) is 6.92 Å². The van der Waals surface area contributed by atoms with E-state index in [0.29, 0.717) is 17.5 Å². The Balaban J connectivity index is 2.34. The zero-order chi connectivity index (χ0) is 16.3. The summed E-state index contributed by atoms with van der Waals surface area (Å²) >= 11 is 6.11. The van der Waals surface area contributed by atoms with Crippen LogP contribution in [0.5, 0.6) is 0 Å². The fourth-order valence-electron chi connectivity index (χ4n) is 2.19. The van der Waals surface area contributed by atoms with Crippen molar-refractivity contribution in [3.63, 3.8) is 0 Å². The van der Waals surface area contributed by atoms with Gasteiger partial charge in [0.05, 0.1) is 6.04 Å². The largest absolute Gasteiger partial charge is 0.464 e. The van der Waals surface area contributed by atoms with Gasteiger partial charge in [0, 0.05) is 18.1 Å². The number of halogens is 1. The van der Waals surface area contributed by atoms with Crippen LogP contribution in [0.2, 0.25) is 0 Å². The third kappa shape index (κ3) is 3.25. The molecule has 2 rings (SSSR count). The van der Waals surface area contributed by atoms with Crippen LogP contribution in [0.15, 0.2) is 29.3 Å². The van der Waals surface area contributed by atoms with Gasteiger partial charge in [0.2, 0.25) is 5.78 Å². The first-order chi connectivity index (χ1) is 10.5. The molecule has 2 atom stereocenters. The molecule has 1 unspecified atom stereocenters. The van der Waals surface area contributed by atoms with E-state index in [0.717, 1.165) is 0 Å². The van der Waals surface area contributed by atoms with Gasteiger partial charge in [-0.1, -0.05) is 31.2 Å². The standard InChI is InChI=1S/C16H16ClNO4/c1-3-10(8-22-9(2)19)18-14-13(17)15(20)11-6-4-5-7-12(11)16(14)21/h4-7,10,13H,3,8H2,1-2H3/t10-,13?/m0/s1. The third-order valence-corrected chi connectivity index (χ3v) is 3.82. The molecule has 0 radical (unpaired) electrons. The lowest BCUT2D eigenvalue weighted by atomic mass is 9.87. The van der Waals surface area contributed by atoms with Crippen molar-refractivity contribution >= 4 is 34.8 Å². The van der Waals surface area contributed by atoms with Crippen LogP contribution >= 0.6 is 11.6 Å². The second kappa shape index (κ2) is 6.83. The number of carbonyl (C=O) groups is 3. The van der Waals surface area contributed by atoms with Crippen LogP contribution in [0.25, 0.3) is 0 Å². The highest BCUT2D eigenvalue weighted by Gasteiger charge is 2.37. The summed E-state index contributed by atoms with van der Waals surface area (Å²) in [6.07, 6.45) is 0.559. The molecule has 0 saturated carbocycles. The molecule has 1 aromatic rings. The Hall–Kier alpha value is -2.01. The number of nitrogens with zero attached hydrogens (tertiary/aromatic N) is 1. The molecule has 0 fully saturated rings. The lowest BCUT2D eigenvalue weighted by Crippen LogP contribution is -2.39. The molecule has 0 aromatic heterocycles. The molecule has 22 heavy (non-hydrogen) atoms. The maximum atomic E-state index is 12.5. The molecule has 0 heterocycles. The van der Waals surface area contributed by atoms with Crippen molar-refractivity contribution in [3.8, 4) is 0 Å². The van der Waals surface area contributed by atoms with Gasteiger partial charge < -0.3 is 4.74 Å². The van der Waals surface area contributed by atoms with Crippen molar-refractivity contribution in [2.24, 2.45) is 4.99 Å². The number of rotatable bonds is 4. The van der Waals surface area contributed by atoms with Gasteiger partial charge in [-0.15, -0.1) is 11.6 Å². The highest BCUT2D eigenvalue weighted by molar-refractivity contribution is 6.64. The third-order valence-electron chi connectivity index (χ3n) is 3.41. The predicted molar refractivity (Wildman–Crippen MR) is 82.9 cm³/mol. The number of esters is 1. The lowest BCUT2D eigenvalue weighted by Gasteiger charge is -2.21. The number of benzene rings is 1. The fraction of sp³-hybridized carbons (Fsp3) is 0.375. The van der Waals surface area contributed by atoms with Gasteiger partial charge in [0.15, 0.2) is 5.78 Å². The Morgan fingerprint density at radius 3 is 2.55 bits per heavy atom. The topological polar surface area (TPSA) is 72.8 Å². The molecule has 116 valence electrons. The van der Waals surface area contributed by atoms with Crippen LogP contribution < -0.4 is 0 Å². The highest BCUT2D eigenvalue weighted by Crippen LogP contribution is 2.24. The SMILES string of the molecule is CC[C@@H](COC(C)=O)N=C1C(=O)c2ccccc2C(=O)C1Cl. The van der Waals surface area contributed by atoms with Crippen molar-refractivity contribution in [1.29, 1.82) is 0 Å². The molecule has 1 aromatic carbocycles. The average Bonchev–Trinajstić information content (AvgIpc) is 2.52. The van der Waals surface area contributed by atoms with E-state index in [4.69, 9.17) is 16.3 Å². The second-order valence-electron chi connectivity index (χ2n) is 4.98. The Labute approximate surface area is 133 Å². The summed E-state index contributed by atoms with van der Waals surface area (Å²) in [5.74, 6) is -1.10. The molecular weight excluding hydrogens is 306 g/mol. The number of fused-ring (bicyclic) bond motifs is 1. The smallest absolute Gasteiger partial charge is 0.302 e. The number of ketones is 2. The van der Waals surface area contributed by atoms with E-state index in [1.165, 1.54) is 6.92 Å². The van der Waals surface area contributed by atoms with Crippen molar-refractivity contribution < 1.29 is 19.1 Å². The van der Waals surface area contributed by atoms with Gasteiger partial charge in [-0.05, 0) is 6.42 Å². The molecule has 1 aliphatic rings. The molecule has 6 heteroatoms. The monoisotopic (exact) mass is 321 g/mol. The highest BCUT2D eigenvalue weighted by atomic mass is 35.5. The maximum Gasteiger partial charge on any atom is 0.302 e. The van der Waals surface area contributed by atoms with E-state index < -0.39 is 17.4 Å². The molecule has 0 N–H and O–H groups in total. The molecule has 0 saturated heterocycles. The quantitative estimate of drug-likeness (QED) is 0.630. The number of hydrogen-bond acceptors (Lipinski definition) is 5. The van der Waals surface area contributed by atoms with Crippen LogP contribution in [0.4, 0.5) is 0 Å². The van der Waals surface area contributed by atoms with Gasteiger partial charge in [-0.3, -0.25) is 19.4 Å². The summed E-state index contributed by atoms with van der Waals surface area (Å²) in [5, 5.41) is -1.10. The molecule has 5 nitrogen and oxygen atoms in total. The first-order valence-electron chi connectivity index (χ1n) is 6.98. The number of hydrogen-bond donors (Lipinski definition) is 0. The van der Waals surface area contributed by atoms with E-state index >= 15 is 0 Å². The van der Waals surface area contributed by atoms with E-state index in [-0.39, 0.29) is 23.9 Å². The van der Waals surface area contributed by atoms with Crippen molar-refractivity contribution in [2.75, 3.05) is 6.61 Å². The normalized spacial score (nSPS) is 20.7. The molecule has 0 amide bonds. The van der Waals surface area contributed by atoms with Crippen LogP contribution in [0, 0.1) is 0 Å². The number of carbonyl (C=O) groups excluding carboxylic acids is 3. The predicted octanol–water partition coefficient (Wildman–Crippen LogP) is 2.46. The van der Waals surface area contributed by atoms with Gasteiger partial charge in [-0.2, -0.15) is 0 Å². The van der Waals surface area contributed by atoms with Crippen molar-refractivity contribution in [1.82, 2.24) is 0 Å². The van der Waals surface area contributed by atoms with Gasteiger partial charge in [-0.25, -0.2) is 0 Å². The van der Waals surface area contributed by atoms with E-state index in [2.05, 4.69) is 4.99 Å². The molecular formula is C16H16ClNO4. The summed E-state index contributed by atoms with van der Waals surface area (Å²) in [5.41, 5.74) is 0.648. The maximum absolute atomic E-state index is 12.5. The molecule has 0 bridgehead atoms. The second-order valence-corrected chi connectivity index (χ2v) is 5.42. The molecule has 1 aliphatic carbocycles. The minimum absolute atomic E-state index is 0.0179. The summed E-state index contributed by atoms with van der Waals surface area (Å²) in [4.78, 5) is 39.9. The summed E-state index contributed by atoms with van der Waals surface area (Å²) in [6.45, 7) is 3.21. The van der Waals surface area contributed by atoms with Gasteiger partial charge in [0.25, 0.3) is 0 Å². The molecule has 0 aliphatic heterocycles. The Morgan fingerprint density at radius 2 is 1.95 bits per heavy atom. The first kappa shape index (κ1) is 16.4. The minimum atomic E-state index is -1.10. The van der Waals surface area contributed by atoms with Gasteiger partial charge >= 0.3 is 5.97 Å². The van der Waals surface area contributed by atoms with E-state index in [1.54, 1.807) is 24.3 Å². The minimum Gasteiger partial charge on any atom is -0.464 e. The fourth-order valence-corrected chi connectivity index (χ4v) is 2.46. The Morgan fingerprint density at radius 1 is 1.32 bits per heavy atom. The summed E-state index contributed by atoms with van der Waals surface area (Å²) in [7, 11) is 0. The van der Waals surface area contributed by atoms with E-state index in [9.17, 15) is 14.4 Å². The van der Waals surface area contributed by atoms with Crippen LogP contribution in [-0.2, 0) is 9.53 Å². The zero-order valence-electron chi connectivity index (χ0n) is 12.3. The number of aliphatic imine (C=N–C) groups is 1. The summed E-state index contributed by atoms with van der Waals surface area (Å²) < 4.78 is 4.92. The van der Waals surface area contributed by atoms with Gasteiger partial charge in [0.1, 0.15) is 17.7 Å². The Bertz CT molecular complexity index is 653. The van der Waals surface area contributed by atoms with Crippen LogP contribution in [0.1, 0.15) is 41.0 Å². The number of alkyl halides is 1. The van der Waals surface area contributed by atoms with Crippen LogP contribution in [-0.4, -0.2) is 41.3 Å². The Kier molecular flexibility index (Phi) is 5.08. The van der Waals surface area contributed by atoms with Crippen LogP contribution in [0.3, 0.4) is 0 Å². The van der Waals surface area contributed by atoms with Crippen molar-refractivity contribution in [3.05, 3.63) is 35.4 Å². The first-order valence-corrected chi connectivity index (χ1v) is 7.42. The lowest BCUT2D eigenvalue weighted by molar-refractivity contribution is -0.141. The average molecular weight is 322 g/mol. The zero-order valence-corrected chi connectivity index (χ0v) is 13.1. The van der Waals surface area contributed by atoms with Crippen molar-refractivity contribution in [2.45, 2.75) is 31.7 Å². The molecule has 0 spiro atoms. The number of ether oxygens (including phenoxy) is 1. The summed E-state index contributed by atoms with van der Waals surface area (Å²) in [6, 6.07) is 6.14. The number of Topliss-reactive ketones (excluding diaryl/α,β-unsaturated/α-hetero) is 2.